The molecule has 0 unspecified atom stereocenters. The standard InChI is InChI=1S/C21H26N6O2/c1-4-26-14-22-23-21(26)20-17-13-27(11-10-18(17)25(2)24-20)19(28)9-8-15-6-5-7-16(12-15)29-3/h5-7,12,14H,4,8-11,13H2,1-3H3. The Morgan fingerprint density at radius 2 is 2.17 bits per heavy atom. The molecule has 2 aromatic heterocycles. The van der Waals surface area contributed by atoms with Gasteiger partial charge in [0, 0.05) is 50.8 Å². The first-order valence-corrected chi connectivity index (χ1v) is 9.94. The second kappa shape index (κ2) is 8.06. The number of fused-ring (bicyclic) bond motifs is 1. The van der Waals surface area contributed by atoms with Crippen molar-refractivity contribution in [2.75, 3.05) is 13.7 Å². The monoisotopic (exact) mass is 394 g/mol. The van der Waals surface area contributed by atoms with E-state index in [1.807, 2.05) is 45.5 Å². The Bertz CT molecular complexity index is 1020. The highest BCUT2D eigenvalue weighted by Gasteiger charge is 2.28. The fourth-order valence-corrected chi connectivity index (χ4v) is 3.89. The molecule has 4 rings (SSSR count). The Morgan fingerprint density at radius 3 is 2.97 bits per heavy atom. The highest BCUT2D eigenvalue weighted by atomic mass is 16.5. The molecule has 0 spiro atoms. The lowest BCUT2D eigenvalue weighted by Gasteiger charge is -2.27. The molecule has 0 saturated heterocycles. The van der Waals surface area contributed by atoms with E-state index in [9.17, 15) is 4.79 Å². The van der Waals surface area contributed by atoms with E-state index in [-0.39, 0.29) is 5.91 Å². The second-order valence-corrected chi connectivity index (χ2v) is 7.25. The molecule has 1 aliphatic rings. The molecule has 0 radical (unpaired) electrons. The fraction of sp³-hybridized carbons (Fsp3) is 0.429. The molecule has 0 atom stereocenters. The van der Waals surface area contributed by atoms with Crippen molar-refractivity contribution in [2.45, 2.75) is 39.3 Å². The minimum absolute atomic E-state index is 0.158. The zero-order valence-corrected chi connectivity index (χ0v) is 17.1. The molecule has 1 aromatic carbocycles. The van der Waals surface area contributed by atoms with Gasteiger partial charge in [0.1, 0.15) is 17.8 Å². The van der Waals surface area contributed by atoms with Crippen LogP contribution in [0.15, 0.2) is 30.6 Å². The summed E-state index contributed by atoms with van der Waals surface area (Å²) in [5.41, 5.74) is 4.18. The van der Waals surface area contributed by atoms with Crippen molar-refractivity contribution in [3.05, 3.63) is 47.4 Å². The summed E-state index contributed by atoms with van der Waals surface area (Å²) in [5, 5.41) is 13.0. The number of nitrogens with zero attached hydrogens (tertiary/aromatic N) is 6. The number of amides is 1. The van der Waals surface area contributed by atoms with Gasteiger partial charge < -0.3 is 14.2 Å². The topological polar surface area (TPSA) is 78.1 Å². The third-order valence-corrected chi connectivity index (χ3v) is 5.52. The lowest BCUT2D eigenvalue weighted by Crippen LogP contribution is -2.36. The molecule has 0 saturated carbocycles. The quantitative estimate of drug-likeness (QED) is 0.641. The number of hydrogen-bond acceptors (Lipinski definition) is 5. The molecule has 0 aliphatic carbocycles. The first kappa shape index (κ1) is 19.2. The smallest absolute Gasteiger partial charge is 0.223 e. The number of benzene rings is 1. The van der Waals surface area contributed by atoms with Crippen LogP contribution in [0, 0.1) is 0 Å². The van der Waals surface area contributed by atoms with Gasteiger partial charge in [-0.3, -0.25) is 9.48 Å². The minimum Gasteiger partial charge on any atom is -0.497 e. The van der Waals surface area contributed by atoms with Gasteiger partial charge in [0.2, 0.25) is 5.91 Å². The van der Waals surface area contributed by atoms with Crippen molar-refractivity contribution in [3.63, 3.8) is 0 Å². The van der Waals surface area contributed by atoms with E-state index in [1.165, 1.54) is 5.69 Å². The van der Waals surface area contributed by atoms with Gasteiger partial charge in [-0.15, -0.1) is 10.2 Å². The van der Waals surface area contributed by atoms with Crippen LogP contribution in [0.25, 0.3) is 11.5 Å². The van der Waals surface area contributed by atoms with E-state index >= 15 is 0 Å². The second-order valence-electron chi connectivity index (χ2n) is 7.25. The summed E-state index contributed by atoms with van der Waals surface area (Å²) >= 11 is 0. The van der Waals surface area contributed by atoms with Gasteiger partial charge in [-0.25, -0.2) is 0 Å². The van der Waals surface area contributed by atoms with Crippen LogP contribution in [0.2, 0.25) is 0 Å². The van der Waals surface area contributed by atoms with Gasteiger partial charge in [0.05, 0.1) is 7.11 Å². The summed E-state index contributed by atoms with van der Waals surface area (Å²) in [7, 11) is 3.61. The Kier molecular flexibility index (Phi) is 5.33. The molecule has 8 heteroatoms. The first-order chi connectivity index (χ1) is 14.1. The SMILES string of the molecule is CCn1cnnc1-c1nn(C)c2c1CN(C(=O)CCc1cccc(OC)c1)CC2. The van der Waals surface area contributed by atoms with Gasteiger partial charge in [-0.05, 0) is 31.0 Å². The predicted molar refractivity (Wildman–Crippen MR) is 108 cm³/mol. The molecule has 0 fully saturated rings. The molecular formula is C21H26N6O2. The summed E-state index contributed by atoms with van der Waals surface area (Å²) < 4.78 is 9.16. The van der Waals surface area contributed by atoms with Gasteiger partial charge >= 0.3 is 0 Å². The average molecular weight is 394 g/mol. The van der Waals surface area contributed by atoms with Crippen LogP contribution in [-0.4, -0.2) is 49.0 Å². The largest absolute Gasteiger partial charge is 0.497 e. The number of carbonyl (C=O) groups is 1. The van der Waals surface area contributed by atoms with E-state index in [0.717, 1.165) is 41.4 Å². The molecule has 3 heterocycles. The van der Waals surface area contributed by atoms with Gasteiger partial charge in [-0.1, -0.05) is 12.1 Å². The van der Waals surface area contributed by atoms with Crippen LogP contribution in [-0.2, 0) is 37.8 Å². The Hall–Kier alpha value is -3.16. The van der Waals surface area contributed by atoms with Crippen LogP contribution < -0.4 is 4.74 Å². The zero-order chi connectivity index (χ0) is 20.4. The minimum atomic E-state index is 0.158. The third-order valence-electron chi connectivity index (χ3n) is 5.52. The van der Waals surface area contributed by atoms with Crippen LogP contribution >= 0.6 is 0 Å². The maximum Gasteiger partial charge on any atom is 0.223 e. The predicted octanol–water partition coefficient (Wildman–Crippen LogP) is 2.22. The third kappa shape index (κ3) is 3.74. The summed E-state index contributed by atoms with van der Waals surface area (Å²) in [6, 6.07) is 7.88. The van der Waals surface area contributed by atoms with Crippen LogP contribution in [0.4, 0.5) is 0 Å². The van der Waals surface area contributed by atoms with Gasteiger partial charge in [-0.2, -0.15) is 5.10 Å². The molecule has 29 heavy (non-hydrogen) atoms. The van der Waals surface area contributed by atoms with E-state index < -0.39 is 0 Å². The number of methoxy groups -OCH3 is 1. The summed E-state index contributed by atoms with van der Waals surface area (Å²) in [4.78, 5) is 14.8. The summed E-state index contributed by atoms with van der Waals surface area (Å²) in [6.45, 7) is 4.10. The van der Waals surface area contributed by atoms with Gasteiger partial charge in [0.15, 0.2) is 5.82 Å². The first-order valence-electron chi connectivity index (χ1n) is 9.94. The zero-order valence-electron chi connectivity index (χ0n) is 17.1. The lowest BCUT2D eigenvalue weighted by molar-refractivity contribution is -0.132. The molecule has 0 bridgehead atoms. The number of aromatic nitrogens is 5. The molecular weight excluding hydrogens is 368 g/mol. The van der Waals surface area contributed by atoms with Crippen molar-refractivity contribution < 1.29 is 9.53 Å². The van der Waals surface area contributed by atoms with Crippen LogP contribution in [0.1, 0.15) is 30.2 Å². The number of aryl methyl sites for hydroxylation is 3. The molecule has 152 valence electrons. The number of carbonyl (C=O) groups excluding carboxylic acids is 1. The molecule has 8 nitrogen and oxygen atoms in total. The number of rotatable bonds is 6. The lowest BCUT2D eigenvalue weighted by atomic mass is 10.0. The average Bonchev–Trinajstić information content (AvgIpc) is 3.36. The van der Waals surface area contributed by atoms with Crippen molar-refractivity contribution >= 4 is 5.91 Å². The van der Waals surface area contributed by atoms with Crippen molar-refractivity contribution in [3.8, 4) is 17.3 Å². The Morgan fingerprint density at radius 1 is 1.31 bits per heavy atom. The van der Waals surface area contributed by atoms with Crippen molar-refractivity contribution in [2.24, 2.45) is 7.05 Å². The fourth-order valence-electron chi connectivity index (χ4n) is 3.89. The van der Waals surface area contributed by atoms with E-state index in [1.54, 1.807) is 13.4 Å². The molecule has 0 N–H and O–H groups in total. The maximum absolute atomic E-state index is 12.9. The van der Waals surface area contributed by atoms with E-state index in [4.69, 9.17) is 9.84 Å². The normalized spacial score (nSPS) is 13.4. The van der Waals surface area contributed by atoms with E-state index in [0.29, 0.717) is 25.9 Å². The number of ether oxygens (including phenoxy) is 1. The molecule has 3 aromatic rings. The van der Waals surface area contributed by atoms with Gasteiger partial charge in [0.25, 0.3) is 0 Å². The maximum atomic E-state index is 12.9. The van der Waals surface area contributed by atoms with Crippen LogP contribution in [0.5, 0.6) is 5.75 Å². The van der Waals surface area contributed by atoms with Crippen LogP contribution in [0.3, 0.4) is 0 Å². The van der Waals surface area contributed by atoms with Crippen molar-refractivity contribution in [1.29, 1.82) is 0 Å². The Balaban J connectivity index is 1.50. The number of hydrogen-bond donors (Lipinski definition) is 0. The Labute approximate surface area is 170 Å². The highest BCUT2D eigenvalue weighted by molar-refractivity contribution is 5.77. The molecule has 1 aliphatic heterocycles. The van der Waals surface area contributed by atoms with E-state index in [2.05, 4.69) is 17.1 Å². The molecule has 1 amide bonds. The van der Waals surface area contributed by atoms with Crippen molar-refractivity contribution in [1.82, 2.24) is 29.4 Å². The summed E-state index contributed by atoms with van der Waals surface area (Å²) in [5.74, 6) is 1.73. The highest BCUT2D eigenvalue weighted by Crippen LogP contribution is 2.29. The summed E-state index contributed by atoms with van der Waals surface area (Å²) in [6.07, 6.45) is 3.69.